The summed E-state index contributed by atoms with van der Waals surface area (Å²) in [5.41, 5.74) is 0.277. The van der Waals surface area contributed by atoms with E-state index in [-0.39, 0.29) is 16.7 Å². The predicted molar refractivity (Wildman–Crippen MR) is 63.8 cm³/mol. The van der Waals surface area contributed by atoms with Crippen molar-refractivity contribution in [2.75, 3.05) is 11.9 Å². The average Bonchev–Trinajstić information content (AvgIpc) is 2.24. The lowest BCUT2D eigenvalue weighted by atomic mass is 9.70. The molecule has 0 bridgehead atoms. The number of aromatic carboxylic acids is 1. The van der Waals surface area contributed by atoms with E-state index in [0.29, 0.717) is 6.54 Å². The molecule has 1 saturated carbocycles. The standard InChI is InChI=1S/C13H16FNO2/c1-13(6-3-7-13)8-15-11-9(12(16)17)4-2-5-10(11)14/h2,4-5,15H,3,6-8H2,1H3,(H,16,17). The minimum Gasteiger partial charge on any atom is -0.478 e. The lowest BCUT2D eigenvalue weighted by Gasteiger charge is -2.38. The number of hydrogen-bond donors (Lipinski definition) is 2. The molecule has 0 aromatic heterocycles. The van der Waals surface area contributed by atoms with Crippen LogP contribution in [0.4, 0.5) is 10.1 Å². The zero-order valence-corrected chi connectivity index (χ0v) is 9.79. The zero-order valence-electron chi connectivity index (χ0n) is 9.79. The first-order valence-electron chi connectivity index (χ1n) is 5.77. The highest BCUT2D eigenvalue weighted by molar-refractivity contribution is 5.94. The highest BCUT2D eigenvalue weighted by Crippen LogP contribution is 2.40. The Morgan fingerprint density at radius 3 is 2.76 bits per heavy atom. The Bertz CT molecular complexity index is 441. The number of para-hydroxylation sites is 1. The number of carbonyl (C=O) groups is 1. The van der Waals surface area contributed by atoms with E-state index in [1.54, 1.807) is 0 Å². The van der Waals surface area contributed by atoms with Crippen LogP contribution in [0, 0.1) is 11.2 Å². The number of rotatable bonds is 4. The summed E-state index contributed by atoms with van der Waals surface area (Å²) in [4.78, 5) is 11.0. The third-order valence-electron chi connectivity index (χ3n) is 3.50. The molecule has 0 heterocycles. The van der Waals surface area contributed by atoms with Crippen LogP contribution >= 0.6 is 0 Å². The Labute approximate surface area is 99.7 Å². The van der Waals surface area contributed by atoms with Gasteiger partial charge in [-0.3, -0.25) is 0 Å². The molecule has 0 saturated heterocycles. The van der Waals surface area contributed by atoms with Gasteiger partial charge >= 0.3 is 5.97 Å². The summed E-state index contributed by atoms with van der Waals surface area (Å²) >= 11 is 0. The summed E-state index contributed by atoms with van der Waals surface area (Å²) in [6.07, 6.45) is 3.41. The molecule has 1 fully saturated rings. The van der Waals surface area contributed by atoms with Gasteiger partial charge in [0.05, 0.1) is 11.3 Å². The van der Waals surface area contributed by atoms with Crippen LogP contribution in [-0.2, 0) is 0 Å². The SMILES string of the molecule is CC1(CNc2c(F)cccc2C(=O)O)CCC1. The maximum Gasteiger partial charge on any atom is 0.337 e. The van der Waals surface area contributed by atoms with Gasteiger partial charge < -0.3 is 10.4 Å². The van der Waals surface area contributed by atoms with Crippen LogP contribution in [0.15, 0.2) is 18.2 Å². The van der Waals surface area contributed by atoms with E-state index in [9.17, 15) is 9.18 Å². The Hall–Kier alpha value is -1.58. The molecule has 0 radical (unpaired) electrons. The number of nitrogens with one attached hydrogen (secondary N) is 1. The number of carboxylic acid groups (broad SMARTS) is 1. The minimum atomic E-state index is -1.11. The van der Waals surface area contributed by atoms with Crippen molar-refractivity contribution >= 4 is 11.7 Å². The molecule has 1 aromatic rings. The Morgan fingerprint density at radius 2 is 2.24 bits per heavy atom. The molecule has 0 spiro atoms. The number of benzene rings is 1. The van der Waals surface area contributed by atoms with Gasteiger partial charge in [0, 0.05) is 6.54 Å². The van der Waals surface area contributed by atoms with Crippen molar-refractivity contribution in [3.05, 3.63) is 29.6 Å². The van der Waals surface area contributed by atoms with Crippen molar-refractivity contribution in [2.24, 2.45) is 5.41 Å². The van der Waals surface area contributed by atoms with Crippen LogP contribution in [0.5, 0.6) is 0 Å². The maximum atomic E-state index is 13.6. The number of anilines is 1. The van der Waals surface area contributed by atoms with Gasteiger partial charge in [-0.15, -0.1) is 0 Å². The molecule has 92 valence electrons. The molecule has 2 rings (SSSR count). The fraction of sp³-hybridized carbons (Fsp3) is 0.462. The lowest BCUT2D eigenvalue weighted by Crippen LogP contribution is -2.33. The smallest absolute Gasteiger partial charge is 0.337 e. The molecule has 4 heteroatoms. The van der Waals surface area contributed by atoms with Gasteiger partial charge in [0.15, 0.2) is 0 Å². The summed E-state index contributed by atoms with van der Waals surface area (Å²) in [5, 5.41) is 11.9. The summed E-state index contributed by atoms with van der Waals surface area (Å²) in [6, 6.07) is 4.10. The summed E-state index contributed by atoms with van der Waals surface area (Å²) in [7, 11) is 0. The third-order valence-corrected chi connectivity index (χ3v) is 3.50. The molecule has 2 N–H and O–H groups in total. The second kappa shape index (κ2) is 4.35. The number of carboxylic acids is 1. The molecule has 17 heavy (non-hydrogen) atoms. The minimum absolute atomic E-state index is 0.00655. The molecule has 1 aliphatic carbocycles. The Kier molecular flexibility index (Phi) is 3.05. The van der Waals surface area contributed by atoms with Gasteiger partial charge in [-0.2, -0.15) is 0 Å². The van der Waals surface area contributed by atoms with Gasteiger partial charge in [0.2, 0.25) is 0 Å². The molecule has 0 atom stereocenters. The summed E-state index contributed by atoms with van der Waals surface area (Å²) in [5.74, 6) is -1.61. The summed E-state index contributed by atoms with van der Waals surface area (Å²) < 4.78 is 13.6. The largest absolute Gasteiger partial charge is 0.478 e. The normalized spacial score (nSPS) is 17.3. The van der Waals surface area contributed by atoms with Crippen LogP contribution in [0.25, 0.3) is 0 Å². The quantitative estimate of drug-likeness (QED) is 0.845. The maximum absolute atomic E-state index is 13.6. The average molecular weight is 237 g/mol. The first kappa shape index (κ1) is 11.9. The van der Waals surface area contributed by atoms with E-state index >= 15 is 0 Å². The van der Waals surface area contributed by atoms with Crippen molar-refractivity contribution in [1.82, 2.24) is 0 Å². The van der Waals surface area contributed by atoms with Crippen LogP contribution in [-0.4, -0.2) is 17.6 Å². The van der Waals surface area contributed by atoms with Gasteiger partial charge in [0.25, 0.3) is 0 Å². The van der Waals surface area contributed by atoms with Gasteiger partial charge in [-0.05, 0) is 30.4 Å². The van der Waals surface area contributed by atoms with Crippen LogP contribution in [0.1, 0.15) is 36.5 Å². The van der Waals surface area contributed by atoms with E-state index in [1.165, 1.54) is 24.6 Å². The van der Waals surface area contributed by atoms with Crippen molar-refractivity contribution < 1.29 is 14.3 Å². The zero-order chi connectivity index (χ0) is 12.5. The molecule has 3 nitrogen and oxygen atoms in total. The molecule has 1 aromatic carbocycles. The van der Waals surface area contributed by atoms with Crippen molar-refractivity contribution in [1.29, 1.82) is 0 Å². The lowest BCUT2D eigenvalue weighted by molar-refractivity contribution is 0.0697. The Morgan fingerprint density at radius 1 is 1.53 bits per heavy atom. The van der Waals surface area contributed by atoms with E-state index in [4.69, 9.17) is 5.11 Å². The highest BCUT2D eigenvalue weighted by atomic mass is 19.1. The molecule has 1 aliphatic rings. The molecule has 0 unspecified atom stereocenters. The van der Waals surface area contributed by atoms with E-state index in [0.717, 1.165) is 12.8 Å². The van der Waals surface area contributed by atoms with Crippen molar-refractivity contribution in [3.8, 4) is 0 Å². The van der Waals surface area contributed by atoms with E-state index in [1.807, 2.05) is 0 Å². The predicted octanol–water partition coefficient (Wildman–Crippen LogP) is 3.13. The van der Waals surface area contributed by atoms with E-state index < -0.39 is 11.8 Å². The fourth-order valence-corrected chi connectivity index (χ4v) is 2.14. The van der Waals surface area contributed by atoms with Crippen molar-refractivity contribution in [2.45, 2.75) is 26.2 Å². The first-order valence-corrected chi connectivity index (χ1v) is 5.77. The van der Waals surface area contributed by atoms with Crippen LogP contribution in [0.2, 0.25) is 0 Å². The first-order chi connectivity index (χ1) is 8.02. The monoisotopic (exact) mass is 237 g/mol. The summed E-state index contributed by atoms with van der Waals surface area (Å²) in [6.45, 7) is 2.75. The third kappa shape index (κ3) is 2.40. The van der Waals surface area contributed by atoms with Crippen LogP contribution in [0.3, 0.4) is 0 Å². The molecule has 0 amide bonds. The molecule has 0 aliphatic heterocycles. The van der Waals surface area contributed by atoms with Crippen LogP contribution < -0.4 is 5.32 Å². The van der Waals surface area contributed by atoms with E-state index in [2.05, 4.69) is 12.2 Å². The second-order valence-electron chi connectivity index (χ2n) is 4.99. The highest BCUT2D eigenvalue weighted by Gasteiger charge is 2.31. The Balaban J connectivity index is 2.16. The van der Waals surface area contributed by atoms with Gasteiger partial charge in [-0.1, -0.05) is 19.4 Å². The topological polar surface area (TPSA) is 49.3 Å². The molecular weight excluding hydrogens is 221 g/mol. The second-order valence-corrected chi connectivity index (χ2v) is 4.99. The van der Waals surface area contributed by atoms with Gasteiger partial charge in [-0.25, -0.2) is 9.18 Å². The number of hydrogen-bond acceptors (Lipinski definition) is 2. The number of halogens is 1. The molecular formula is C13H16FNO2. The fourth-order valence-electron chi connectivity index (χ4n) is 2.14. The van der Waals surface area contributed by atoms with Crippen molar-refractivity contribution in [3.63, 3.8) is 0 Å². The van der Waals surface area contributed by atoms with Gasteiger partial charge in [0.1, 0.15) is 5.82 Å².